The number of hydrogen-bond acceptors (Lipinski definition) is 2. The Bertz CT molecular complexity index is 163. The molecule has 2 fully saturated rings. The smallest absolute Gasteiger partial charge is 0.309 e. The molecule has 62 valence electrons. The highest BCUT2D eigenvalue weighted by Gasteiger charge is 2.34. The Kier molecular flexibility index (Phi) is 1.84. The molecule has 0 bridgehead atoms. The number of esters is 1. The molecule has 0 aromatic rings. The van der Waals surface area contributed by atoms with E-state index in [1.807, 2.05) is 0 Å². The summed E-state index contributed by atoms with van der Waals surface area (Å²) < 4.78 is 5.01. The normalized spacial score (nSPS) is 37.6. The maximum atomic E-state index is 11.2. The standard InChI is InChI=1S/C9H14O2/c10-9-8-4-2-1-3-7(8)5-6-11-9/h7-8H,1-6H2/t7-,8+/m1/s1. The molecule has 2 atom stereocenters. The van der Waals surface area contributed by atoms with Crippen LogP contribution in [0.25, 0.3) is 0 Å². The highest BCUT2D eigenvalue weighted by Crippen LogP contribution is 2.35. The van der Waals surface area contributed by atoms with Crippen LogP contribution in [-0.4, -0.2) is 12.6 Å². The second-order valence-electron chi connectivity index (χ2n) is 3.61. The van der Waals surface area contributed by atoms with Gasteiger partial charge in [0.25, 0.3) is 0 Å². The van der Waals surface area contributed by atoms with Crippen molar-refractivity contribution < 1.29 is 9.53 Å². The van der Waals surface area contributed by atoms with E-state index >= 15 is 0 Å². The molecule has 1 saturated carbocycles. The molecule has 0 unspecified atom stereocenters. The number of hydrogen-bond donors (Lipinski definition) is 0. The van der Waals surface area contributed by atoms with Crippen LogP contribution in [0.4, 0.5) is 0 Å². The lowest BCUT2D eigenvalue weighted by atomic mass is 9.76. The van der Waals surface area contributed by atoms with Gasteiger partial charge < -0.3 is 4.74 Å². The maximum Gasteiger partial charge on any atom is 0.309 e. The molecule has 0 amide bonds. The molecule has 11 heavy (non-hydrogen) atoms. The van der Waals surface area contributed by atoms with Gasteiger partial charge in [0.05, 0.1) is 12.5 Å². The van der Waals surface area contributed by atoms with Crippen LogP contribution in [0, 0.1) is 11.8 Å². The zero-order valence-corrected chi connectivity index (χ0v) is 6.71. The first kappa shape index (κ1) is 7.14. The molecule has 2 nitrogen and oxygen atoms in total. The van der Waals surface area contributed by atoms with E-state index in [9.17, 15) is 4.79 Å². The van der Waals surface area contributed by atoms with Crippen molar-refractivity contribution in [2.24, 2.45) is 11.8 Å². The van der Waals surface area contributed by atoms with E-state index in [-0.39, 0.29) is 11.9 Å². The number of fused-ring (bicyclic) bond motifs is 1. The summed E-state index contributed by atoms with van der Waals surface area (Å²) in [6, 6.07) is 0. The van der Waals surface area contributed by atoms with Crippen LogP contribution in [0.1, 0.15) is 32.1 Å². The van der Waals surface area contributed by atoms with Gasteiger partial charge >= 0.3 is 5.97 Å². The number of carbonyl (C=O) groups is 1. The minimum absolute atomic E-state index is 0.0703. The van der Waals surface area contributed by atoms with Gasteiger partial charge in [0.2, 0.25) is 0 Å². The number of rotatable bonds is 0. The Morgan fingerprint density at radius 2 is 2.00 bits per heavy atom. The van der Waals surface area contributed by atoms with Gasteiger partial charge in [-0.1, -0.05) is 12.8 Å². The Hall–Kier alpha value is -0.530. The SMILES string of the molecule is O=C1OCC[C@H]2CCCC[C@H]12. The van der Waals surface area contributed by atoms with Crippen LogP contribution in [-0.2, 0) is 9.53 Å². The molecule has 1 heterocycles. The molecule has 1 aliphatic heterocycles. The summed E-state index contributed by atoms with van der Waals surface area (Å²) in [4.78, 5) is 11.2. The molecule has 0 aromatic carbocycles. The third kappa shape index (κ3) is 1.26. The van der Waals surface area contributed by atoms with Crippen molar-refractivity contribution in [3.05, 3.63) is 0 Å². The fourth-order valence-electron chi connectivity index (χ4n) is 2.28. The molecule has 2 heteroatoms. The lowest BCUT2D eigenvalue weighted by molar-refractivity contribution is -0.158. The Labute approximate surface area is 66.9 Å². The molecule has 0 N–H and O–H groups in total. The summed E-state index contributed by atoms with van der Waals surface area (Å²) in [5.41, 5.74) is 0. The topological polar surface area (TPSA) is 26.3 Å². The molecule has 2 rings (SSSR count). The summed E-state index contributed by atoms with van der Waals surface area (Å²) in [6.07, 6.45) is 5.96. The molecule has 0 aromatic heterocycles. The fraction of sp³-hybridized carbons (Fsp3) is 0.889. The molecule has 0 spiro atoms. The first-order valence-corrected chi connectivity index (χ1v) is 4.54. The summed E-state index contributed by atoms with van der Waals surface area (Å²) in [5, 5.41) is 0. The van der Waals surface area contributed by atoms with Crippen molar-refractivity contribution in [1.29, 1.82) is 0 Å². The average molecular weight is 154 g/mol. The summed E-state index contributed by atoms with van der Waals surface area (Å²) >= 11 is 0. The van der Waals surface area contributed by atoms with E-state index in [1.54, 1.807) is 0 Å². The quantitative estimate of drug-likeness (QED) is 0.497. The predicted octanol–water partition coefficient (Wildman–Crippen LogP) is 1.74. The van der Waals surface area contributed by atoms with E-state index < -0.39 is 0 Å². The zero-order chi connectivity index (χ0) is 7.68. The van der Waals surface area contributed by atoms with Gasteiger partial charge in [0.15, 0.2) is 0 Å². The van der Waals surface area contributed by atoms with Crippen molar-refractivity contribution in [2.75, 3.05) is 6.61 Å². The van der Waals surface area contributed by atoms with Crippen LogP contribution in [0.3, 0.4) is 0 Å². The molecular formula is C9H14O2. The Morgan fingerprint density at radius 1 is 1.18 bits per heavy atom. The van der Waals surface area contributed by atoms with E-state index in [4.69, 9.17) is 4.74 Å². The van der Waals surface area contributed by atoms with E-state index in [0.29, 0.717) is 12.5 Å². The van der Waals surface area contributed by atoms with Gasteiger partial charge in [-0.05, 0) is 25.2 Å². The fourth-order valence-corrected chi connectivity index (χ4v) is 2.28. The lowest BCUT2D eigenvalue weighted by Gasteiger charge is -2.33. The van der Waals surface area contributed by atoms with E-state index in [2.05, 4.69) is 0 Å². The largest absolute Gasteiger partial charge is 0.465 e. The second kappa shape index (κ2) is 2.84. The van der Waals surface area contributed by atoms with Gasteiger partial charge in [0, 0.05) is 0 Å². The monoisotopic (exact) mass is 154 g/mol. The second-order valence-corrected chi connectivity index (χ2v) is 3.61. The van der Waals surface area contributed by atoms with Crippen LogP contribution in [0.15, 0.2) is 0 Å². The molecule has 1 aliphatic carbocycles. The molecule has 2 aliphatic rings. The van der Waals surface area contributed by atoms with E-state index in [1.165, 1.54) is 19.3 Å². The van der Waals surface area contributed by atoms with Gasteiger partial charge in [0.1, 0.15) is 0 Å². The number of carbonyl (C=O) groups excluding carboxylic acids is 1. The first-order valence-electron chi connectivity index (χ1n) is 4.54. The van der Waals surface area contributed by atoms with E-state index in [0.717, 1.165) is 12.8 Å². The zero-order valence-electron chi connectivity index (χ0n) is 6.71. The highest BCUT2D eigenvalue weighted by molar-refractivity contribution is 5.73. The minimum Gasteiger partial charge on any atom is -0.465 e. The van der Waals surface area contributed by atoms with Crippen molar-refractivity contribution in [3.63, 3.8) is 0 Å². The van der Waals surface area contributed by atoms with Gasteiger partial charge in [-0.2, -0.15) is 0 Å². The molecule has 1 saturated heterocycles. The van der Waals surface area contributed by atoms with Crippen molar-refractivity contribution in [3.8, 4) is 0 Å². The van der Waals surface area contributed by atoms with Crippen LogP contribution in [0.2, 0.25) is 0 Å². The van der Waals surface area contributed by atoms with Gasteiger partial charge in [-0.25, -0.2) is 0 Å². The first-order chi connectivity index (χ1) is 5.38. The van der Waals surface area contributed by atoms with Crippen molar-refractivity contribution in [1.82, 2.24) is 0 Å². The third-order valence-corrected chi connectivity index (χ3v) is 2.94. The Morgan fingerprint density at radius 3 is 2.82 bits per heavy atom. The summed E-state index contributed by atoms with van der Waals surface area (Å²) in [5.74, 6) is 0.989. The van der Waals surface area contributed by atoms with Gasteiger partial charge in [-0.15, -0.1) is 0 Å². The Balaban J connectivity index is 2.05. The number of cyclic esters (lactones) is 1. The van der Waals surface area contributed by atoms with Crippen molar-refractivity contribution in [2.45, 2.75) is 32.1 Å². The minimum atomic E-state index is 0.0703. The van der Waals surface area contributed by atoms with Crippen molar-refractivity contribution >= 4 is 5.97 Å². The maximum absolute atomic E-state index is 11.2. The van der Waals surface area contributed by atoms with Crippen LogP contribution < -0.4 is 0 Å². The van der Waals surface area contributed by atoms with Crippen LogP contribution in [0.5, 0.6) is 0 Å². The van der Waals surface area contributed by atoms with Crippen LogP contribution >= 0.6 is 0 Å². The van der Waals surface area contributed by atoms with Gasteiger partial charge in [-0.3, -0.25) is 4.79 Å². The summed E-state index contributed by atoms with van der Waals surface area (Å²) in [7, 11) is 0. The third-order valence-electron chi connectivity index (χ3n) is 2.94. The highest BCUT2D eigenvalue weighted by atomic mass is 16.5. The average Bonchev–Trinajstić information content (AvgIpc) is 2.06. The predicted molar refractivity (Wildman–Crippen MR) is 41.0 cm³/mol. The summed E-state index contributed by atoms with van der Waals surface area (Å²) in [6.45, 7) is 0.667. The molecular weight excluding hydrogens is 140 g/mol. The molecule has 0 radical (unpaired) electrons. The lowest BCUT2D eigenvalue weighted by Crippen LogP contribution is -2.34. The number of ether oxygens (including phenoxy) is 1.